The van der Waals surface area contributed by atoms with Gasteiger partial charge in [0.25, 0.3) is 5.91 Å². The Kier molecular flexibility index (Phi) is 6.23. The first-order valence-electron chi connectivity index (χ1n) is 6.02. The van der Waals surface area contributed by atoms with Crippen molar-refractivity contribution in [1.29, 1.82) is 0 Å². The number of likely N-dealkylation sites (N-methyl/N-ethyl adjacent to an activating group) is 1. The molecule has 3 N–H and O–H groups in total. The zero-order valence-electron chi connectivity index (χ0n) is 11.4. The molecule has 1 amide bonds. The van der Waals surface area contributed by atoms with Crippen LogP contribution in [0.5, 0.6) is 5.75 Å². The number of hydrogen-bond acceptors (Lipinski definition) is 5. The Labute approximate surface area is 125 Å². The van der Waals surface area contributed by atoms with Crippen molar-refractivity contribution >= 4 is 27.5 Å². The van der Waals surface area contributed by atoms with Crippen molar-refractivity contribution in [3.05, 3.63) is 27.1 Å². The first kappa shape index (κ1) is 16.2. The van der Waals surface area contributed by atoms with Crippen molar-refractivity contribution in [2.75, 3.05) is 32.5 Å². The van der Waals surface area contributed by atoms with Crippen molar-refractivity contribution in [3.63, 3.8) is 0 Å². The molecule has 20 heavy (non-hydrogen) atoms. The summed E-state index contributed by atoms with van der Waals surface area (Å²) in [5, 5.41) is 6.83. The van der Waals surface area contributed by atoms with E-state index in [4.69, 9.17) is 10.5 Å². The third-order valence-corrected chi connectivity index (χ3v) is 3.39. The van der Waals surface area contributed by atoms with Gasteiger partial charge in [-0.1, -0.05) is 0 Å². The van der Waals surface area contributed by atoms with Gasteiger partial charge in [-0.05, 0) is 28.9 Å². The summed E-state index contributed by atoms with van der Waals surface area (Å²) in [5.74, 6) is 0.0913. The maximum absolute atomic E-state index is 12.1. The van der Waals surface area contributed by atoms with Crippen molar-refractivity contribution in [3.8, 4) is 5.75 Å². The number of nitroso groups, excluding NO2 is 1. The van der Waals surface area contributed by atoms with Gasteiger partial charge in [-0.2, -0.15) is 0 Å². The lowest BCUT2D eigenvalue weighted by atomic mass is 10.1. The number of hydrogen-bond donors (Lipinski definition) is 2. The summed E-state index contributed by atoms with van der Waals surface area (Å²) in [6.45, 7) is 2.97. The van der Waals surface area contributed by atoms with Crippen LogP contribution in [0, 0.1) is 4.91 Å². The third kappa shape index (κ3) is 4.09. The largest absolute Gasteiger partial charge is 0.496 e. The summed E-state index contributed by atoms with van der Waals surface area (Å²) < 4.78 is 5.75. The molecule has 1 aromatic carbocycles. The number of nitrogens with zero attached hydrogens (tertiary/aromatic N) is 2. The second kappa shape index (κ2) is 7.68. The van der Waals surface area contributed by atoms with Crippen molar-refractivity contribution < 1.29 is 9.53 Å². The molecule has 7 nitrogen and oxygen atoms in total. The first-order chi connectivity index (χ1) is 9.53. The van der Waals surface area contributed by atoms with Crippen LogP contribution in [0.1, 0.15) is 17.3 Å². The van der Waals surface area contributed by atoms with Crippen LogP contribution in [0.3, 0.4) is 0 Å². The highest BCUT2D eigenvalue weighted by molar-refractivity contribution is 9.10. The number of ether oxygens (including phenoxy) is 1. The summed E-state index contributed by atoms with van der Waals surface area (Å²) in [6.07, 6.45) is 0. The number of carbonyl (C=O) groups is 1. The van der Waals surface area contributed by atoms with E-state index in [1.54, 1.807) is 12.1 Å². The van der Waals surface area contributed by atoms with Gasteiger partial charge in [0.1, 0.15) is 5.75 Å². The van der Waals surface area contributed by atoms with Gasteiger partial charge in [-0.25, -0.2) is 0 Å². The normalized spacial score (nSPS) is 9.95. The second-order valence-electron chi connectivity index (χ2n) is 3.96. The number of nitrogens with one attached hydrogen (secondary N) is 1. The number of carbonyl (C=O) groups excluding carboxylic acids is 1. The topological polar surface area (TPSA) is 97.0 Å². The van der Waals surface area contributed by atoms with E-state index in [1.807, 2.05) is 6.92 Å². The van der Waals surface area contributed by atoms with Gasteiger partial charge in [0.2, 0.25) is 0 Å². The number of nitrogens with two attached hydrogens (primary N) is 1. The fourth-order valence-electron chi connectivity index (χ4n) is 1.57. The Bertz CT molecular complexity index is 496. The van der Waals surface area contributed by atoms with E-state index in [0.29, 0.717) is 41.1 Å². The average molecular weight is 345 g/mol. The smallest absolute Gasteiger partial charge is 0.255 e. The molecule has 0 aliphatic heterocycles. The molecule has 0 aliphatic rings. The molecule has 1 aromatic rings. The van der Waals surface area contributed by atoms with E-state index < -0.39 is 0 Å². The van der Waals surface area contributed by atoms with Gasteiger partial charge >= 0.3 is 0 Å². The van der Waals surface area contributed by atoms with Crippen LogP contribution >= 0.6 is 15.9 Å². The molecule has 0 fully saturated rings. The van der Waals surface area contributed by atoms with Crippen molar-refractivity contribution in [2.24, 2.45) is 5.29 Å². The lowest BCUT2D eigenvalue weighted by molar-refractivity contribution is 0.0945. The van der Waals surface area contributed by atoms with E-state index in [9.17, 15) is 9.70 Å². The molecule has 1 rings (SSSR count). The molecule has 0 aromatic heterocycles. The number of halogens is 1. The number of amides is 1. The van der Waals surface area contributed by atoms with E-state index in [1.165, 1.54) is 12.1 Å². The molecule has 0 aliphatic carbocycles. The Morgan fingerprint density at radius 1 is 1.55 bits per heavy atom. The van der Waals surface area contributed by atoms with Gasteiger partial charge < -0.3 is 15.8 Å². The van der Waals surface area contributed by atoms with Crippen LogP contribution in [0.25, 0.3) is 0 Å². The summed E-state index contributed by atoms with van der Waals surface area (Å²) >= 11 is 3.27. The van der Waals surface area contributed by atoms with Crippen LogP contribution in [-0.2, 0) is 0 Å². The predicted molar refractivity (Wildman–Crippen MR) is 80.5 cm³/mol. The van der Waals surface area contributed by atoms with Crippen molar-refractivity contribution in [2.45, 2.75) is 6.92 Å². The zero-order chi connectivity index (χ0) is 15.1. The lowest BCUT2D eigenvalue weighted by Gasteiger charge is -2.14. The van der Waals surface area contributed by atoms with Gasteiger partial charge in [0, 0.05) is 29.3 Å². The minimum Gasteiger partial charge on any atom is -0.496 e. The number of nitrogen functional groups attached to an aromatic ring is 1. The Morgan fingerprint density at radius 2 is 2.25 bits per heavy atom. The van der Waals surface area contributed by atoms with Crippen molar-refractivity contribution in [1.82, 2.24) is 10.3 Å². The van der Waals surface area contributed by atoms with E-state index in [-0.39, 0.29) is 5.91 Å². The van der Waals surface area contributed by atoms with Gasteiger partial charge in [-0.15, -0.1) is 4.91 Å². The van der Waals surface area contributed by atoms with E-state index in [2.05, 4.69) is 26.5 Å². The van der Waals surface area contributed by atoms with Crippen LogP contribution in [-0.4, -0.2) is 37.7 Å². The number of anilines is 1. The van der Waals surface area contributed by atoms with Gasteiger partial charge in [0.05, 0.1) is 24.5 Å². The Hall–Kier alpha value is -1.83. The minimum absolute atomic E-state index is 0.301. The first-order valence-corrected chi connectivity index (χ1v) is 6.82. The molecule has 0 atom stereocenters. The third-order valence-electron chi connectivity index (χ3n) is 2.70. The number of methoxy groups -OCH3 is 1. The van der Waals surface area contributed by atoms with Crippen LogP contribution < -0.4 is 15.8 Å². The molecule has 0 unspecified atom stereocenters. The maximum atomic E-state index is 12.1. The number of benzene rings is 1. The quantitative estimate of drug-likeness (QED) is 0.446. The molecule has 110 valence electrons. The highest BCUT2D eigenvalue weighted by Crippen LogP contribution is 2.28. The van der Waals surface area contributed by atoms with Gasteiger partial charge in [-0.3, -0.25) is 9.80 Å². The summed E-state index contributed by atoms with van der Waals surface area (Å²) in [7, 11) is 1.47. The molecule has 8 heteroatoms. The monoisotopic (exact) mass is 344 g/mol. The SMILES string of the molecule is CCN(CCNC(=O)c1cc(Br)c(N)cc1OC)N=O. The molecular weight excluding hydrogens is 328 g/mol. The van der Waals surface area contributed by atoms with Crippen LogP contribution in [0.15, 0.2) is 21.9 Å². The zero-order valence-corrected chi connectivity index (χ0v) is 12.9. The summed E-state index contributed by atoms with van der Waals surface area (Å²) in [5.41, 5.74) is 6.59. The summed E-state index contributed by atoms with van der Waals surface area (Å²) in [4.78, 5) is 22.5. The van der Waals surface area contributed by atoms with Crippen LogP contribution in [0.2, 0.25) is 0 Å². The standard InChI is InChI=1S/C12H17BrN4O3/c1-3-17(16-19)5-4-15-12(18)8-6-9(13)10(14)7-11(8)20-2/h6-7H,3-5,14H2,1-2H3,(H,15,18). The lowest BCUT2D eigenvalue weighted by Crippen LogP contribution is -2.32. The Balaban J connectivity index is 2.72. The molecule has 0 saturated heterocycles. The molecule has 0 heterocycles. The molecule has 0 spiro atoms. The molecular formula is C12H17BrN4O3. The molecule has 0 bridgehead atoms. The highest BCUT2D eigenvalue weighted by atomic mass is 79.9. The molecule has 0 radical (unpaired) electrons. The fraction of sp³-hybridized carbons (Fsp3) is 0.417. The van der Waals surface area contributed by atoms with Crippen LogP contribution in [0.4, 0.5) is 5.69 Å². The fourth-order valence-corrected chi connectivity index (χ4v) is 1.91. The highest BCUT2D eigenvalue weighted by Gasteiger charge is 2.14. The summed E-state index contributed by atoms with van der Waals surface area (Å²) in [6, 6.07) is 3.17. The molecule has 0 saturated carbocycles. The average Bonchev–Trinajstić information content (AvgIpc) is 2.45. The maximum Gasteiger partial charge on any atom is 0.255 e. The van der Waals surface area contributed by atoms with Gasteiger partial charge in [0.15, 0.2) is 0 Å². The predicted octanol–water partition coefficient (Wildman–Crippen LogP) is 1.77. The Morgan fingerprint density at radius 3 is 2.80 bits per heavy atom. The number of rotatable bonds is 7. The second-order valence-corrected chi connectivity index (χ2v) is 4.81. The van der Waals surface area contributed by atoms with E-state index in [0.717, 1.165) is 0 Å². The minimum atomic E-state index is -0.301. The van der Waals surface area contributed by atoms with E-state index >= 15 is 0 Å².